The van der Waals surface area contributed by atoms with Gasteiger partial charge in [-0.3, -0.25) is 0 Å². The zero-order valence-corrected chi connectivity index (χ0v) is 25.3. The molecular weight excluding hydrogens is 632 g/mol. The second-order valence-corrected chi connectivity index (χ2v) is 11.7. The van der Waals surface area contributed by atoms with Crippen LogP contribution in [0.1, 0.15) is 11.1 Å². The highest BCUT2D eigenvalue weighted by molar-refractivity contribution is 9.10. The van der Waals surface area contributed by atoms with Crippen LogP contribution in [0.3, 0.4) is 0 Å². The van der Waals surface area contributed by atoms with Crippen LogP contribution in [0.15, 0.2) is 118 Å². The number of halogens is 2. The normalized spacial score (nSPS) is 11.1. The molecule has 0 saturated heterocycles. The van der Waals surface area contributed by atoms with E-state index in [1.807, 2.05) is 0 Å². The number of hydrogen-bond acceptors (Lipinski definition) is 5. The minimum absolute atomic E-state index is 0.857. The van der Waals surface area contributed by atoms with Crippen LogP contribution in [0.25, 0.3) is 11.0 Å². The van der Waals surface area contributed by atoms with Crippen LogP contribution >= 0.6 is 43.6 Å². The first-order chi connectivity index (χ1) is 19.0. The van der Waals surface area contributed by atoms with E-state index in [0.29, 0.717) is 0 Å². The maximum Gasteiger partial charge on any atom is 0.130 e. The molecule has 5 aromatic carbocycles. The van der Waals surface area contributed by atoms with E-state index in [4.69, 9.17) is 8.75 Å². The summed E-state index contributed by atoms with van der Waals surface area (Å²) in [5, 5.41) is 0. The Morgan fingerprint density at radius 1 is 0.462 bits per heavy atom. The number of aryl methyl sites for hydroxylation is 2. The largest absolute Gasteiger partial charge is 0.308 e. The highest BCUT2D eigenvalue weighted by Crippen LogP contribution is 2.44. The fourth-order valence-electron chi connectivity index (χ4n) is 4.62. The quantitative estimate of drug-likeness (QED) is 0.179. The Labute approximate surface area is 249 Å². The molecule has 0 aliphatic carbocycles. The van der Waals surface area contributed by atoms with Gasteiger partial charge in [0.15, 0.2) is 0 Å². The smallest absolute Gasteiger partial charge is 0.130 e. The first kappa shape index (κ1) is 25.7. The maximum atomic E-state index is 4.83. The Kier molecular flexibility index (Phi) is 7.21. The van der Waals surface area contributed by atoms with Crippen molar-refractivity contribution >= 4 is 88.7 Å². The zero-order valence-electron chi connectivity index (χ0n) is 21.3. The number of hydrogen-bond donors (Lipinski definition) is 0. The summed E-state index contributed by atoms with van der Waals surface area (Å²) in [4.78, 5) is 4.49. The lowest BCUT2D eigenvalue weighted by atomic mass is 10.1. The van der Waals surface area contributed by atoms with Crippen molar-refractivity contribution in [3.63, 3.8) is 0 Å². The van der Waals surface area contributed by atoms with Gasteiger partial charge in [-0.05, 0) is 98.8 Å². The summed E-state index contributed by atoms with van der Waals surface area (Å²) in [5.74, 6) is 0. The van der Waals surface area contributed by atoms with Gasteiger partial charge in [-0.25, -0.2) is 0 Å². The molecular formula is C32H24Br2N4S. The van der Waals surface area contributed by atoms with Gasteiger partial charge in [-0.15, -0.1) is 0 Å². The van der Waals surface area contributed by atoms with Crippen molar-refractivity contribution in [2.75, 3.05) is 9.80 Å². The maximum absolute atomic E-state index is 4.83. The highest BCUT2D eigenvalue weighted by atomic mass is 79.9. The van der Waals surface area contributed by atoms with Crippen LogP contribution in [0.4, 0.5) is 34.1 Å². The van der Waals surface area contributed by atoms with Gasteiger partial charge < -0.3 is 9.80 Å². The SMILES string of the molecule is Cc1ccc(N(c2ccc(Br)cc2)c2ccc(N(c3ccc(C)cc3)c3ccc(Br)cc3)c3nsnc23)cc1. The van der Waals surface area contributed by atoms with Crippen LogP contribution in [0.5, 0.6) is 0 Å². The van der Waals surface area contributed by atoms with Crippen molar-refractivity contribution in [3.05, 3.63) is 129 Å². The monoisotopic (exact) mass is 654 g/mol. The average molecular weight is 656 g/mol. The number of fused-ring (bicyclic) bond motifs is 1. The molecule has 1 aromatic heterocycles. The van der Waals surface area contributed by atoms with Crippen molar-refractivity contribution in [2.45, 2.75) is 13.8 Å². The second kappa shape index (κ2) is 10.9. The van der Waals surface area contributed by atoms with E-state index in [-0.39, 0.29) is 0 Å². The van der Waals surface area contributed by atoms with Crippen LogP contribution in [-0.2, 0) is 0 Å². The van der Waals surface area contributed by atoms with E-state index in [0.717, 1.165) is 54.1 Å². The standard InChI is InChI=1S/C32H24Br2N4S/c1-21-3-11-25(12-4-21)37(27-15-7-23(33)8-16-27)29-19-20-30(32-31(29)35-39-36-32)38(26-13-5-22(2)6-14-26)28-17-9-24(34)10-18-28/h3-20H,1-2H3. The van der Waals surface area contributed by atoms with Gasteiger partial charge in [0.2, 0.25) is 0 Å². The molecule has 0 fully saturated rings. The average Bonchev–Trinajstić information content (AvgIpc) is 3.44. The van der Waals surface area contributed by atoms with E-state index in [1.165, 1.54) is 22.9 Å². The highest BCUT2D eigenvalue weighted by Gasteiger charge is 2.23. The molecule has 0 unspecified atom stereocenters. The van der Waals surface area contributed by atoms with Crippen LogP contribution in [-0.4, -0.2) is 8.75 Å². The molecule has 39 heavy (non-hydrogen) atoms. The molecule has 0 atom stereocenters. The fourth-order valence-corrected chi connectivity index (χ4v) is 5.72. The van der Waals surface area contributed by atoms with Crippen molar-refractivity contribution < 1.29 is 0 Å². The number of anilines is 6. The Morgan fingerprint density at radius 2 is 0.769 bits per heavy atom. The molecule has 6 aromatic rings. The van der Waals surface area contributed by atoms with Crippen molar-refractivity contribution in [2.24, 2.45) is 0 Å². The molecule has 4 nitrogen and oxygen atoms in total. The Balaban J connectivity index is 1.55. The topological polar surface area (TPSA) is 32.3 Å². The predicted molar refractivity (Wildman–Crippen MR) is 172 cm³/mol. The van der Waals surface area contributed by atoms with E-state index < -0.39 is 0 Å². The number of nitrogens with zero attached hydrogens (tertiary/aromatic N) is 4. The molecule has 0 N–H and O–H groups in total. The summed E-state index contributed by atoms with van der Waals surface area (Å²) < 4.78 is 11.7. The minimum Gasteiger partial charge on any atom is -0.308 e. The first-order valence-electron chi connectivity index (χ1n) is 12.5. The fraction of sp³-hybridized carbons (Fsp3) is 0.0625. The zero-order chi connectivity index (χ0) is 26.9. The molecule has 0 aliphatic heterocycles. The van der Waals surface area contributed by atoms with Crippen molar-refractivity contribution in [1.82, 2.24) is 8.75 Å². The molecule has 192 valence electrons. The Hall–Kier alpha value is -3.52. The third-order valence-electron chi connectivity index (χ3n) is 6.61. The summed E-state index contributed by atoms with van der Waals surface area (Å²) in [6, 6.07) is 38.2. The molecule has 0 spiro atoms. The summed E-state index contributed by atoms with van der Waals surface area (Å²) >= 11 is 8.40. The van der Waals surface area contributed by atoms with Crippen molar-refractivity contribution in [1.29, 1.82) is 0 Å². The van der Waals surface area contributed by atoms with E-state index in [9.17, 15) is 0 Å². The third-order valence-corrected chi connectivity index (χ3v) is 8.19. The van der Waals surface area contributed by atoms with Gasteiger partial charge in [-0.2, -0.15) is 8.75 Å². The lowest BCUT2D eigenvalue weighted by molar-refractivity contribution is 1.26. The van der Waals surface area contributed by atoms with Crippen LogP contribution in [0.2, 0.25) is 0 Å². The van der Waals surface area contributed by atoms with E-state index in [1.54, 1.807) is 0 Å². The Bertz CT molecular complexity index is 1510. The van der Waals surface area contributed by atoms with Gasteiger partial charge in [0.25, 0.3) is 0 Å². The summed E-state index contributed by atoms with van der Waals surface area (Å²) in [6.07, 6.45) is 0. The molecule has 0 bridgehead atoms. The van der Waals surface area contributed by atoms with Crippen LogP contribution < -0.4 is 9.80 Å². The molecule has 0 amide bonds. The predicted octanol–water partition coefficient (Wildman–Crippen LogP) is 10.8. The third kappa shape index (κ3) is 5.22. The van der Waals surface area contributed by atoms with Gasteiger partial charge in [0.05, 0.1) is 23.1 Å². The summed E-state index contributed by atoms with van der Waals surface area (Å²) in [5.41, 5.74) is 10.3. The molecule has 0 aliphatic rings. The lowest BCUT2D eigenvalue weighted by Gasteiger charge is -2.29. The van der Waals surface area contributed by atoms with Gasteiger partial charge >= 0.3 is 0 Å². The minimum atomic E-state index is 0.857. The van der Waals surface area contributed by atoms with Crippen LogP contribution in [0, 0.1) is 13.8 Å². The number of benzene rings is 5. The molecule has 6 rings (SSSR count). The number of aromatic nitrogens is 2. The molecule has 0 saturated carbocycles. The van der Waals surface area contributed by atoms with Gasteiger partial charge in [0, 0.05) is 31.7 Å². The molecule has 7 heteroatoms. The number of rotatable bonds is 6. The van der Waals surface area contributed by atoms with Gasteiger partial charge in [-0.1, -0.05) is 67.3 Å². The van der Waals surface area contributed by atoms with E-state index >= 15 is 0 Å². The molecule has 1 heterocycles. The second-order valence-electron chi connectivity index (χ2n) is 9.36. The summed E-state index contributed by atoms with van der Waals surface area (Å²) in [7, 11) is 0. The molecule has 0 radical (unpaired) electrons. The summed E-state index contributed by atoms with van der Waals surface area (Å²) in [6.45, 7) is 4.21. The van der Waals surface area contributed by atoms with Crippen molar-refractivity contribution in [3.8, 4) is 0 Å². The van der Waals surface area contributed by atoms with E-state index in [2.05, 4.69) is 165 Å². The lowest BCUT2D eigenvalue weighted by Crippen LogP contribution is -2.13. The van der Waals surface area contributed by atoms with Gasteiger partial charge in [0.1, 0.15) is 11.0 Å². The Morgan fingerprint density at radius 3 is 1.10 bits per heavy atom. The first-order valence-corrected chi connectivity index (χ1v) is 14.8.